The summed E-state index contributed by atoms with van der Waals surface area (Å²) in [6.07, 6.45) is 0. The van der Waals surface area contributed by atoms with Crippen molar-refractivity contribution in [1.29, 1.82) is 0 Å². The van der Waals surface area contributed by atoms with Crippen LogP contribution in [-0.2, 0) is 0 Å². The highest BCUT2D eigenvalue weighted by Gasteiger charge is 2.15. The first kappa shape index (κ1) is 9.13. The molecule has 0 unspecified atom stereocenters. The van der Waals surface area contributed by atoms with Gasteiger partial charge in [-0.15, -0.1) is 5.10 Å². The van der Waals surface area contributed by atoms with Gasteiger partial charge in [-0.05, 0) is 27.1 Å². The fraction of sp³-hybridized carbons (Fsp3) is 0. The molecule has 1 heterocycles. The summed E-state index contributed by atoms with van der Waals surface area (Å²) < 4.78 is 5.15. The predicted molar refractivity (Wildman–Crippen MR) is 49.6 cm³/mol. The number of nitro groups is 1. The molecule has 0 atom stereocenters. The monoisotopic (exact) mass is 206 g/mol. The molecule has 7 nitrogen and oxygen atoms in total. The summed E-state index contributed by atoms with van der Waals surface area (Å²) in [7, 11) is 0. The number of hydrogen-bond donors (Lipinski definition) is 1. The summed E-state index contributed by atoms with van der Waals surface area (Å²) in [5.41, 5.74) is 0. The van der Waals surface area contributed by atoms with Gasteiger partial charge in [-0.2, -0.15) is 0 Å². The van der Waals surface area contributed by atoms with Gasteiger partial charge < -0.3 is 14.9 Å². The lowest BCUT2D eigenvalue weighted by Gasteiger charge is -1.95. The summed E-state index contributed by atoms with van der Waals surface area (Å²) in [5, 5.41) is 16.0. The van der Waals surface area contributed by atoms with E-state index in [2.05, 4.69) is 15.2 Å². The van der Waals surface area contributed by atoms with E-state index in [1.165, 1.54) is 0 Å². The second-order valence-electron chi connectivity index (χ2n) is 2.61. The second-order valence-corrected chi connectivity index (χ2v) is 2.61. The SMILES string of the molecule is O=[N+]([O-])c1nc(Oc2ccccc2)n[nH]1. The Bertz CT molecular complexity index is 468. The molecule has 76 valence electrons. The number of hydrogen-bond acceptors (Lipinski definition) is 5. The zero-order valence-electron chi connectivity index (χ0n) is 7.45. The first-order valence-corrected chi connectivity index (χ1v) is 4.05. The Morgan fingerprint density at radius 2 is 2.07 bits per heavy atom. The van der Waals surface area contributed by atoms with Crippen molar-refractivity contribution in [3.05, 3.63) is 40.4 Å². The van der Waals surface area contributed by atoms with E-state index >= 15 is 0 Å². The van der Waals surface area contributed by atoms with Crippen LogP contribution < -0.4 is 4.74 Å². The van der Waals surface area contributed by atoms with Crippen LogP contribution in [0.15, 0.2) is 30.3 Å². The number of benzene rings is 1. The van der Waals surface area contributed by atoms with Crippen LogP contribution in [0.1, 0.15) is 0 Å². The third-order valence-corrected chi connectivity index (χ3v) is 1.58. The summed E-state index contributed by atoms with van der Waals surface area (Å²) in [6.45, 7) is 0. The topological polar surface area (TPSA) is 93.9 Å². The molecule has 0 aliphatic heterocycles. The van der Waals surface area contributed by atoms with Crippen molar-refractivity contribution in [2.45, 2.75) is 0 Å². The molecular weight excluding hydrogens is 200 g/mol. The van der Waals surface area contributed by atoms with E-state index in [0.29, 0.717) is 5.75 Å². The lowest BCUT2D eigenvalue weighted by Crippen LogP contribution is -1.89. The van der Waals surface area contributed by atoms with E-state index in [9.17, 15) is 10.1 Å². The maximum Gasteiger partial charge on any atom is 0.456 e. The number of nitrogens with one attached hydrogen (secondary N) is 1. The summed E-state index contributed by atoms with van der Waals surface area (Å²) in [4.78, 5) is 13.1. The molecule has 7 heteroatoms. The van der Waals surface area contributed by atoms with Gasteiger partial charge >= 0.3 is 12.0 Å². The number of H-pyrrole nitrogens is 1. The first-order chi connectivity index (χ1) is 7.25. The van der Waals surface area contributed by atoms with E-state index in [1.807, 2.05) is 6.07 Å². The van der Waals surface area contributed by atoms with E-state index in [0.717, 1.165) is 0 Å². The van der Waals surface area contributed by atoms with Crippen molar-refractivity contribution in [2.75, 3.05) is 0 Å². The normalized spacial score (nSPS) is 9.87. The molecule has 0 radical (unpaired) electrons. The molecule has 0 spiro atoms. The molecule has 0 aliphatic rings. The van der Waals surface area contributed by atoms with Crippen molar-refractivity contribution in [1.82, 2.24) is 15.2 Å². The van der Waals surface area contributed by atoms with Gasteiger partial charge in [0, 0.05) is 0 Å². The smallest absolute Gasteiger partial charge is 0.410 e. The highest BCUT2D eigenvalue weighted by Crippen LogP contribution is 2.17. The van der Waals surface area contributed by atoms with Gasteiger partial charge in [-0.25, -0.2) is 0 Å². The summed E-state index contributed by atoms with van der Waals surface area (Å²) in [5.74, 6) is 0.0762. The number of para-hydroxylation sites is 1. The minimum Gasteiger partial charge on any atom is -0.410 e. The van der Waals surface area contributed by atoms with Crippen LogP contribution in [0, 0.1) is 10.1 Å². The van der Waals surface area contributed by atoms with Crippen molar-refractivity contribution in [3.63, 3.8) is 0 Å². The molecule has 1 aromatic carbocycles. The molecule has 0 fully saturated rings. The zero-order valence-corrected chi connectivity index (χ0v) is 7.45. The van der Waals surface area contributed by atoms with Crippen LogP contribution in [-0.4, -0.2) is 20.1 Å². The van der Waals surface area contributed by atoms with Crippen LogP contribution in [0.5, 0.6) is 11.8 Å². The maximum atomic E-state index is 10.3. The Kier molecular flexibility index (Phi) is 2.28. The fourth-order valence-electron chi connectivity index (χ4n) is 0.960. The molecule has 0 saturated heterocycles. The number of aromatic nitrogens is 3. The average Bonchev–Trinajstić information content (AvgIpc) is 2.68. The minimum atomic E-state index is -0.676. The van der Waals surface area contributed by atoms with E-state index in [4.69, 9.17) is 4.74 Å². The van der Waals surface area contributed by atoms with E-state index in [-0.39, 0.29) is 6.01 Å². The van der Waals surface area contributed by atoms with Crippen LogP contribution in [0.3, 0.4) is 0 Å². The highest BCUT2D eigenvalue weighted by molar-refractivity contribution is 5.24. The molecular formula is C8H6N4O3. The van der Waals surface area contributed by atoms with Crippen molar-refractivity contribution in [3.8, 4) is 11.8 Å². The van der Waals surface area contributed by atoms with Crippen molar-refractivity contribution >= 4 is 5.95 Å². The van der Waals surface area contributed by atoms with Gasteiger partial charge in [-0.1, -0.05) is 18.2 Å². The lowest BCUT2D eigenvalue weighted by atomic mass is 10.3. The number of nitrogens with zero attached hydrogens (tertiary/aromatic N) is 3. The molecule has 1 aromatic heterocycles. The Labute approximate surface area is 83.9 Å². The quantitative estimate of drug-likeness (QED) is 0.606. The lowest BCUT2D eigenvalue weighted by molar-refractivity contribution is -0.394. The number of rotatable bonds is 3. The summed E-state index contributed by atoms with van der Waals surface area (Å²) >= 11 is 0. The molecule has 2 rings (SSSR count). The third-order valence-electron chi connectivity index (χ3n) is 1.58. The molecule has 1 N–H and O–H groups in total. The molecule has 0 amide bonds. The fourth-order valence-corrected chi connectivity index (χ4v) is 0.960. The molecule has 0 aliphatic carbocycles. The van der Waals surface area contributed by atoms with Crippen LogP contribution in [0.2, 0.25) is 0 Å². The van der Waals surface area contributed by atoms with Gasteiger partial charge in [0.25, 0.3) is 0 Å². The summed E-state index contributed by atoms with van der Waals surface area (Å²) in [6, 6.07) is 8.69. The Morgan fingerprint density at radius 3 is 2.67 bits per heavy atom. The molecule has 2 aromatic rings. The van der Waals surface area contributed by atoms with Crippen molar-refractivity contribution < 1.29 is 9.66 Å². The van der Waals surface area contributed by atoms with Gasteiger partial charge in [0.15, 0.2) is 0 Å². The number of aromatic amines is 1. The van der Waals surface area contributed by atoms with Crippen LogP contribution >= 0.6 is 0 Å². The van der Waals surface area contributed by atoms with Crippen LogP contribution in [0.4, 0.5) is 5.95 Å². The van der Waals surface area contributed by atoms with E-state index < -0.39 is 10.9 Å². The predicted octanol–water partition coefficient (Wildman–Crippen LogP) is 1.51. The third kappa shape index (κ3) is 2.08. The standard InChI is InChI=1S/C8H6N4O3/c13-12(14)7-9-8(11-10-7)15-6-4-2-1-3-5-6/h1-5H,(H,9,10,11). The van der Waals surface area contributed by atoms with Crippen LogP contribution in [0.25, 0.3) is 0 Å². The second kappa shape index (κ2) is 3.74. The Hall–Kier alpha value is -2.44. The van der Waals surface area contributed by atoms with Crippen molar-refractivity contribution in [2.24, 2.45) is 0 Å². The first-order valence-electron chi connectivity index (χ1n) is 4.05. The Balaban J connectivity index is 2.15. The van der Waals surface area contributed by atoms with Gasteiger partial charge in [0.1, 0.15) is 5.75 Å². The molecule has 0 saturated carbocycles. The largest absolute Gasteiger partial charge is 0.456 e. The molecule has 0 bridgehead atoms. The van der Waals surface area contributed by atoms with Gasteiger partial charge in [0.05, 0.1) is 0 Å². The highest BCUT2D eigenvalue weighted by atomic mass is 16.6. The average molecular weight is 206 g/mol. The minimum absolute atomic E-state index is 0.0760. The maximum absolute atomic E-state index is 10.3. The van der Waals surface area contributed by atoms with E-state index in [1.54, 1.807) is 24.3 Å². The zero-order chi connectivity index (χ0) is 10.7. The van der Waals surface area contributed by atoms with Gasteiger partial charge in [0.2, 0.25) is 0 Å². The Morgan fingerprint density at radius 1 is 1.33 bits per heavy atom. The molecule has 15 heavy (non-hydrogen) atoms. The number of ether oxygens (including phenoxy) is 1. The van der Waals surface area contributed by atoms with Gasteiger partial charge in [-0.3, -0.25) is 0 Å².